The highest BCUT2D eigenvalue weighted by Gasteiger charge is 2.14. The van der Waals surface area contributed by atoms with Gasteiger partial charge in [0.25, 0.3) is 0 Å². The molecule has 0 unspecified atom stereocenters. The largest absolute Gasteiger partial charge is 0.380 e. The predicted molar refractivity (Wildman–Crippen MR) is 73.6 cm³/mol. The molecule has 0 spiro atoms. The maximum Gasteiger partial charge on any atom is 0.0728 e. The predicted octanol–water partition coefficient (Wildman–Crippen LogP) is 3.29. The molecule has 3 heteroatoms. The fourth-order valence-corrected chi connectivity index (χ4v) is 2.60. The summed E-state index contributed by atoms with van der Waals surface area (Å²) in [5.74, 6) is 0. The summed E-state index contributed by atoms with van der Waals surface area (Å²) in [6.45, 7) is 0.840. The normalized spacial score (nSPS) is 16.0. The van der Waals surface area contributed by atoms with Crippen LogP contribution in [0, 0.1) is 0 Å². The third kappa shape index (κ3) is 2.73. The number of anilines is 1. The molecule has 3 nitrogen and oxygen atoms in total. The van der Waals surface area contributed by atoms with Crippen molar-refractivity contribution in [2.45, 2.75) is 38.3 Å². The Kier molecular flexibility index (Phi) is 3.31. The van der Waals surface area contributed by atoms with Gasteiger partial charge in [0.1, 0.15) is 0 Å². The molecular weight excluding hydrogens is 222 g/mol. The fraction of sp³-hybridized carbons (Fsp3) is 0.400. The maximum atomic E-state index is 4.41. The lowest BCUT2D eigenvalue weighted by Crippen LogP contribution is -2.13. The van der Waals surface area contributed by atoms with Gasteiger partial charge in [-0.15, -0.1) is 0 Å². The standard InChI is InChI=1S/C15H19N3/c1-2-6-13(7-3-1)11-18-12-15(10-16-18)17-14-8-4-5-9-14/h1-3,6-7,10,12,14,17H,4-5,8-9,11H2. The average Bonchev–Trinajstić information content (AvgIpc) is 3.03. The van der Waals surface area contributed by atoms with E-state index in [0.717, 1.165) is 12.2 Å². The Morgan fingerprint density at radius 3 is 2.72 bits per heavy atom. The monoisotopic (exact) mass is 241 g/mol. The third-order valence-corrected chi connectivity index (χ3v) is 3.55. The summed E-state index contributed by atoms with van der Waals surface area (Å²) in [4.78, 5) is 0. The van der Waals surface area contributed by atoms with Gasteiger partial charge in [-0.2, -0.15) is 5.10 Å². The molecule has 1 aromatic carbocycles. The minimum Gasteiger partial charge on any atom is -0.380 e. The lowest BCUT2D eigenvalue weighted by molar-refractivity contribution is 0.686. The number of nitrogens with zero attached hydrogens (tertiary/aromatic N) is 2. The van der Waals surface area contributed by atoms with Crippen LogP contribution in [0.4, 0.5) is 5.69 Å². The Balaban J connectivity index is 1.62. The summed E-state index contributed by atoms with van der Waals surface area (Å²) in [7, 11) is 0. The number of nitrogens with one attached hydrogen (secondary N) is 1. The van der Waals surface area contributed by atoms with E-state index >= 15 is 0 Å². The van der Waals surface area contributed by atoms with Crippen LogP contribution in [-0.2, 0) is 6.54 Å². The number of hydrogen-bond acceptors (Lipinski definition) is 2. The molecule has 0 atom stereocenters. The number of benzene rings is 1. The lowest BCUT2D eigenvalue weighted by Gasteiger charge is -2.10. The van der Waals surface area contributed by atoms with Crippen LogP contribution in [0.3, 0.4) is 0 Å². The number of aromatic nitrogens is 2. The molecular formula is C15H19N3. The molecule has 1 aliphatic rings. The average molecular weight is 241 g/mol. The Labute approximate surface area is 108 Å². The van der Waals surface area contributed by atoms with E-state index in [-0.39, 0.29) is 0 Å². The molecule has 18 heavy (non-hydrogen) atoms. The van der Waals surface area contributed by atoms with Gasteiger partial charge < -0.3 is 5.32 Å². The van der Waals surface area contributed by atoms with Crippen molar-refractivity contribution >= 4 is 5.69 Å². The van der Waals surface area contributed by atoms with Crippen molar-refractivity contribution in [3.05, 3.63) is 48.3 Å². The molecule has 94 valence electrons. The van der Waals surface area contributed by atoms with Crippen molar-refractivity contribution < 1.29 is 0 Å². The maximum absolute atomic E-state index is 4.41. The van der Waals surface area contributed by atoms with Crippen molar-refractivity contribution in [3.63, 3.8) is 0 Å². The second-order valence-corrected chi connectivity index (χ2v) is 5.04. The van der Waals surface area contributed by atoms with Crippen molar-refractivity contribution in [1.29, 1.82) is 0 Å². The topological polar surface area (TPSA) is 29.9 Å². The molecule has 3 rings (SSSR count). The minimum atomic E-state index is 0.652. The first-order valence-corrected chi connectivity index (χ1v) is 6.73. The van der Waals surface area contributed by atoms with Gasteiger partial charge in [0.15, 0.2) is 0 Å². The Morgan fingerprint density at radius 1 is 1.17 bits per heavy atom. The fourth-order valence-electron chi connectivity index (χ4n) is 2.60. The Morgan fingerprint density at radius 2 is 1.94 bits per heavy atom. The zero-order valence-electron chi connectivity index (χ0n) is 10.5. The van der Waals surface area contributed by atoms with Crippen LogP contribution in [0.2, 0.25) is 0 Å². The van der Waals surface area contributed by atoms with Gasteiger partial charge in [-0.1, -0.05) is 43.2 Å². The summed E-state index contributed by atoms with van der Waals surface area (Å²) in [5, 5.41) is 7.97. The van der Waals surface area contributed by atoms with E-state index < -0.39 is 0 Å². The zero-order chi connectivity index (χ0) is 12.2. The first-order chi connectivity index (χ1) is 8.90. The highest BCUT2D eigenvalue weighted by atomic mass is 15.3. The second kappa shape index (κ2) is 5.25. The molecule has 0 saturated heterocycles. The SMILES string of the molecule is c1ccc(Cn2cc(NC3CCCC3)cn2)cc1. The highest BCUT2D eigenvalue weighted by Crippen LogP contribution is 2.21. The molecule has 0 radical (unpaired) electrons. The van der Waals surface area contributed by atoms with Gasteiger partial charge in [0.2, 0.25) is 0 Å². The van der Waals surface area contributed by atoms with Gasteiger partial charge in [0.05, 0.1) is 18.4 Å². The van der Waals surface area contributed by atoms with E-state index in [9.17, 15) is 0 Å². The summed E-state index contributed by atoms with van der Waals surface area (Å²) in [6, 6.07) is 11.1. The van der Waals surface area contributed by atoms with Crippen LogP contribution in [0.1, 0.15) is 31.2 Å². The summed E-state index contributed by atoms with van der Waals surface area (Å²) in [6.07, 6.45) is 9.34. The first-order valence-electron chi connectivity index (χ1n) is 6.73. The number of hydrogen-bond donors (Lipinski definition) is 1. The molecule has 0 amide bonds. The van der Waals surface area contributed by atoms with Crippen LogP contribution in [0.25, 0.3) is 0 Å². The smallest absolute Gasteiger partial charge is 0.0728 e. The molecule has 0 aliphatic heterocycles. The van der Waals surface area contributed by atoms with Gasteiger partial charge in [-0.05, 0) is 18.4 Å². The second-order valence-electron chi connectivity index (χ2n) is 5.04. The van der Waals surface area contributed by atoms with Gasteiger partial charge in [-0.25, -0.2) is 0 Å². The Hall–Kier alpha value is -1.77. The molecule has 1 aliphatic carbocycles. The quantitative estimate of drug-likeness (QED) is 0.890. The van der Waals surface area contributed by atoms with Crippen LogP contribution >= 0.6 is 0 Å². The van der Waals surface area contributed by atoms with Crippen molar-refractivity contribution in [2.24, 2.45) is 0 Å². The summed E-state index contributed by atoms with van der Waals surface area (Å²) < 4.78 is 1.99. The van der Waals surface area contributed by atoms with Gasteiger partial charge >= 0.3 is 0 Å². The lowest BCUT2D eigenvalue weighted by atomic mass is 10.2. The Bertz CT molecular complexity index is 483. The highest BCUT2D eigenvalue weighted by molar-refractivity contribution is 5.39. The summed E-state index contributed by atoms with van der Waals surface area (Å²) >= 11 is 0. The van der Waals surface area contributed by atoms with Gasteiger partial charge in [-0.3, -0.25) is 4.68 Å². The van der Waals surface area contributed by atoms with E-state index in [1.165, 1.54) is 31.2 Å². The first kappa shape index (κ1) is 11.3. The molecule has 1 N–H and O–H groups in total. The molecule has 1 heterocycles. The van der Waals surface area contributed by atoms with Crippen molar-refractivity contribution in [2.75, 3.05) is 5.32 Å². The molecule has 2 aromatic rings. The third-order valence-electron chi connectivity index (χ3n) is 3.55. The zero-order valence-corrected chi connectivity index (χ0v) is 10.5. The van der Waals surface area contributed by atoms with E-state index in [0.29, 0.717) is 6.04 Å². The molecule has 0 bridgehead atoms. The molecule has 1 fully saturated rings. The van der Waals surface area contributed by atoms with Crippen molar-refractivity contribution in [3.8, 4) is 0 Å². The molecule has 1 saturated carbocycles. The van der Waals surface area contributed by atoms with E-state index in [2.05, 4.69) is 40.9 Å². The van der Waals surface area contributed by atoms with E-state index in [1.54, 1.807) is 0 Å². The van der Waals surface area contributed by atoms with E-state index in [4.69, 9.17) is 0 Å². The van der Waals surface area contributed by atoms with Crippen LogP contribution in [-0.4, -0.2) is 15.8 Å². The van der Waals surface area contributed by atoms with Crippen LogP contribution < -0.4 is 5.32 Å². The van der Waals surface area contributed by atoms with Crippen LogP contribution in [0.5, 0.6) is 0 Å². The molecule has 1 aromatic heterocycles. The van der Waals surface area contributed by atoms with E-state index in [1.807, 2.05) is 16.9 Å². The van der Waals surface area contributed by atoms with Gasteiger partial charge in [0, 0.05) is 12.2 Å². The van der Waals surface area contributed by atoms with Crippen LogP contribution in [0.15, 0.2) is 42.7 Å². The minimum absolute atomic E-state index is 0.652. The number of rotatable bonds is 4. The summed E-state index contributed by atoms with van der Waals surface area (Å²) in [5.41, 5.74) is 2.44. The van der Waals surface area contributed by atoms with Crippen molar-refractivity contribution in [1.82, 2.24) is 9.78 Å².